The van der Waals surface area contributed by atoms with Crippen molar-refractivity contribution in [1.82, 2.24) is 19.8 Å². The van der Waals surface area contributed by atoms with Crippen molar-refractivity contribution in [3.8, 4) is 0 Å². The van der Waals surface area contributed by atoms with E-state index < -0.39 is 8.07 Å². The Morgan fingerprint density at radius 2 is 1.95 bits per heavy atom. The maximum absolute atomic E-state index is 13.5. The number of amides is 1. The molecule has 1 amide bonds. The lowest BCUT2D eigenvalue weighted by molar-refractivity contribution is -0.124. The first-order valence-corrected chi connectivity index (χ1v) is 18.9. The van der Waals surface area contributed by atoms with Crippen LogP contribution in [0.15, 0.2) is 10.8 Å². The van der Waals surface area contributed by atoms with Gasteiger partial charge in [0.2, 0.25) is 5.91 Å². The molecule has 1 N–H and O–H groups in total. The Morgan fingerprint density at radius 1 is 1.22 bits per heavy atom. The predicted octanol–water partition coefficient (Wildman–Crippen LogP) is 6.17. The Kier molecular flexibility index (Phi) is 11.4. The van der Waals surface area contributed by atoms with E-state index in [0.717, 1.165) is 87.7 Å². The molecule has 2 atom stereocenters. The molecule has 37 heavy (non-hydrogen) atoms. The van der Waals surface area contributed by atoms with Crippen LogP contribution >= 0.6 is 15.9 Å². The molecule has 7 nitrogen and oxygen atoms in total. The number of imidazole rings is 1. The molecule has 0 unspecified atom stereocenters. The average Bonchev–Trinajstić information content (AvgIpc) is 3.44. The average molecular weight is 598 g/mol. The van der Waals surface area contributed by atoms with Crippen molar-refractivity contribution in [1.29, 1.82) is 0 Å². The highest BCUT2D eigenvalue weighted by Crippen LogP contribution is 2.59. The minimum absolute atomic E-state index is 0.121. The van der Waals surface area contributed by atoms with Crippen molar-refractivity contribution in [2.45, 2.75) is 110 Å². The van der Waals surface area contributed by atoms with Crippen LogP contribution in [0.4, 0.5) is 0 Å². The van der Waals surface area contributed by atoms with Gasteiger partial charge < -0.3 is 15.0 Å². The summed E-state index contributed by atoms with van der Waals surface area (Å²) in [6.07, 6.45) is 9.99. The fourth-order valence-electron chi connectivity index (χ4n) is 5.46. The largest absolute Gasteiger partial charge is 0.361 e. The SMILES string of the molecule is CCC(=O)CCCCC[C@H](NC(=O)[C@H]1CC12CCN(CC)CC2)c1ncc(Br)n1COCC[Si](C)(C)C. The van der Waals surface area contributed by atoms with Crippen molar-refractivity contribution in [3.05, 3.63) is 16.6 Å². The van der Waals surface area contributed by atoms with Gasteiger partial charge in [0.25, 0.3) is 0 Å². The third kappa shape index (κ3) is 9.00. The molecule has 1 aliphatic carbocycles. The van der Waals surface area contributed by atoms with E-state index in [2.05, 4.69) is 57.3 Å². The molecule has 1 aromatic rings. The molecule has 1 aliphatic heterocycles. The Hall–Kier alpha value is -1.03. The molecule has 0 radical (unpaired) electrons. The maximum atomic E-state index is 13.5. The quantitative estimate of drug-likeness (QED) is 0.182. The number of hydrogen-bond donors (Lipinski definition) is 1. The number of likely N-dealkylation sites (tertiary alicyclic amines) is 1. The molecule has 2 aliphatic rings. The number of ether oxygens (including phenoxy) is 1. The highest BCUT2D eigenvalue weighted by Gasteiger charge is 2.58. The second-order valence-electron chi connectivity index (χ2n) is 12.3. The summed E-state index contributed by atoms with van der Waals surface area (Å²) in [5.74, 6) is 1.48. The minimum Gasteiger partial charge on any atom is -0.361 e. The standard InChI is InChI=1S/C28H49BrN4O3Si/c1-6-22(34)11-9-8-10-12-24(26-30-20-25(29)33(26)21-36-17-18-37(3,4)5)31-27(35)23-19-28(23)13-15-32(7-2)16-14-28/h20,23-24H,6-19,21H2,1-5H3,(H,31,35)/t23-,24+/m1/s1. The smallest absolute Gasteiger partial charge is 0.224 e. The zero-order valence-corrected chi connectivity index (χ0v) is 26.4. The number of Topliss-reactive ketones (excluding diaryl/α,β-unsaturated/α-hetero) is 1. The summed E-state index contributed by atoms with van der Waals surface area (Å²) in [4.78, 5) is 32.4. The maximum Gasteiger partial charge on any atom is 0.224 e. The summed E-state index contributed by atoms with van der Waals surface area (Å²) >= 11 is 3.65. The molecule has 9 heteroatoms. The lowest BCUT2D eigenvalue weighted by atomic mass is 9.90. The Balaban J connectivity index is 1.63. The zero-order chi connectivity index (χ0) is 27.1. The molecule has 2 heterocycles. The van der Waals surface area contributed by atoms with Crippen LogP contribution in [0.3, 0.4) is 0 Å². The normalized spacial score (nSPS) is 20.2. The number of nitrogens with zero attached hydrogens (tertiary/aromatic N) is 3. The first kappa shape index (κ1) is 30.5. The first-order valence-electron chi connectivity index (χ1n) is 14.4. The Morgan fingerprint density at radius 3 is 2.59 bits per heavy atom. The van der Waals surface area contributed by atoms with Gasteiger partial charge in [-0.05, 0) is 79.1 Å². The number of ketones is 1. The summed E-state index contributed by atoms with van der Waals surface area (Å²) in [6, 6.07) is 0.958. The van der Waals surface area contributed by atoms with E-state index in [9.17, 15) is 9.59 Å². The highest BCUT2D eigenvalue weighted by atomic mass is 79.9. The number of hydrogen-bond acceptors (Lipinski definition) is 5. The van der Waals surface area contributed by atoms with E-state index >= 15 is 0 Å². The van der Waals surface area contributed by atoms with Crippen molar-refractivity contribution in [3.63, 3.8) is 0 Å². The topological polar surface area (TPSA) is 76.5 Å². The van der Waals surface area contributed by atoms with Gasteiger partial charge in [-0.1, -0.05) is 46.3 Å². The van der Waals surface area contributed by atoms with Gasteiger partial charge >= 0.3 is 0 Å². The van der Waals surface area contributed by atoms with Gasteiger partial charge in [-0.3, -0.25) is 14.2 Å². The van der Waals surface area contributed by atoms with Crippen LogP contribution < -0.4 is 5.32 Å². The van der Waals surface area contributed by atoms with Crippen LogP contribution in [-0.2, 0) is 21.1 Å². The van der Waals surface area contributed by atoms with Gasteiger partial charge in [-0.25, -0.2) is 4.98 Å². The van der Waals surface area contributed by atoms with E-state index in [0.29, 0.717) is 25.4 Å². The number of halogens is 1. The van der Waals surface area contributed by atoms with E-state index in [1.807, 2.05) is 13.1 Å². The Bertz CT molecular complexity index is 892. The van der Waals surface area contributed by atoms with Gasteiger partial charge in [0, 0.05) is 33.4 Å². The molecule has 3 rings (SSSR count). The summed E-state index contributed by atoms with van der Waals surface area (Å²) in [5, 5.41) is 3.40. The Labute approximate surface area is 233 Å². The first-order chi connectivity index (χ1) is 17.6. The van der Waals surface area contributed by atoms with Crippen LogP contribution in [-0.4, -0.2) is 60.5 Å². The number of aromatic nitrogens is 2. The fourth-order valence-corrected chi connectivity index (χ4v) is 6.60. The van der Waals surface area contributed by atoms with E-state index in [4.69, 9.17) is 9.72 Å². The van der Waals surface area contributed by atoms with Gasteiger partial charge in [-0.15, -0.1) is 0 Å². The lowest BCUT2D eigenvalue weighted by Crippen LogP contribution is -2.38. The van der Waals surface area contributed by atoms with Crippen LogP contribution in [0.25, 0.3) is 0 Å². The summed E-state index contributed by atoms with van der Waals surface area (Å²) < 4.78 is 8.98. The minimum atomic E-state index is -1.16. The predicted molar refractivity (Wildman–Crippen MR) is 155 cm³/mol. The molecule has 1 spiro atoms. The molecule has 0 aromatic carbocycles. The van der Waals surface area contributed by atoms with E-state index in [1.54, 1.807) is 0 Å². The van der Waals surface area contributed by atoms with Gasteiger partial charge in [0.05, 0.1) is 12.2 Å². The summed E-state index contributed by atoms with van der Waals surface area (Å²) in [7, 11) is -1.16. The van der Waals surface area contributed by atoms with Crippen molar-refractivity contribution in [2.75, 3.05) is 26.2 Å². The number of nitrogens with one attached hydrogen (secondary N) is 1. The zero-order valence-electron chi connectivity index (χ0n) is 23.8. The molecule has 1 saturated carbocycles. The van der Waals surface area contributed by atoms with Crippen LogP contribution in [0.2, 0.25) is 25.7 Å². The summed E-state index contributed by atoms with van der Waals surface area (Å²) in [6.45, 7) is 15.7. The van der Waals surface area contributed by atoms with Crippen molar-refractivity contribution < 1.29 is 14.3 Å². The molecular formula is C28H49BrN4O3Si. The third-order valence-electron chi connectivity index (χ3n) is 8.33. The van der Waals surface area contributed by atoms with Gasteiger partial charge in [-0.2, -0.15) is 0 Å². The molecule has 1 saturated heterocycles. The van der Waals surface area contributed by atoms with E-state index in [1.165, 1.54) is 0 Å². The lowest BCUT2D eigenvalue weighted by Gasteiger charge is -2.32. The molecule has 2 fully saturated rings. The molecule has 210 valence electrons. The number of piperidine rings is 1. The molecule has 0 bridgehead atoms. The van der Waals surface area contributed by atoms with Crippen molar-refractivity contribution >= 4 is 35.7 Å². The number of carbonyl (C=O) groups is 2. The van der Waals surface area contributed by atoms with E-state index in [-0.39, 0.29) is 23.3 Å². The van der Waals surface area contributed by atoms with Crippen LogP contribution in [0.1, 0.15) is 83.5 Å². The number of rotatable bonds is 16. The van der Waals surface area contributed by atoms with Crippen molar-refractivity contribution in [2.24, 2.45) is 11.3 Å². The highest BCUT2D eigenvalue weighted by molar-refractivity contribution is 9.10. The second-order valence-corrected chi connectivity index (χ2v) is 18.8. The van der Waals surface area contributed by atoms with Gasteiger partial charge in [0.15, 0.2) is 0 Å². The van der Waals surface area contributed by atoms with Crippen LogP contribution in [0.5, 0.6) is 0 Å². The van der Waals surface area contributed by atoms with Gasteiger partial charge in [0.1, 0.15) is 22.9 Å². The fraction of sp³-hybridized carbons (Fsp3) is 0.821. The third-order valence-corrected chi connectivity index (χ3v) is 10.7. The monoisotopic (exact) mass is 596 g/mol. The number of carbonyl (C=O) groups excluding carboxylic acids is 2. The second kappa shape index (κ2) is 13.9. The molecule has 1 aromatic heterocycles. The number of unbranched alkanes of at least 4 members (excludes halogenated alkanes) is 2. The van der Waals surface area contributed by atoms with Crippen LogP contribution in [0, 0.1) is 11.3 Å². The summed E-state index contributed by atoms with van der Waals surface area (Å²) in [5.41, 5.74) is 0.205. The molecular weight excluding hydrogens is 548 g/mol.